The van der Waals surface area contributed by atoms with Gasteiger partial charge < -0.3 is 30.0 Å². The summed E-state index contributed by atoms with van der Waals surface area (Å²) in [7, 11) is 3.66. The SMILES string of the molecule is CNCC1CCN(c2nc(Oc3cc(C#N)cc(OCC=O)c3)nc3[nH]c4c(NC)cc(F)cc4c23)C1. The number of aldehydes is 1. The molecule has 0 spiro atoms. The van der Waals surface area contributed by atoms with Gasteiger partial charge in [-0.3, -0.25) is 4.79 Å². The van der Waals surface area contributed by atoms with E-state index < -0.39 is 0 Å². The monoisotopic (exact) mass is 503 g/mol. The molecule has 37 heavy (non-hydrogen) atoms. The lowest BCUT2D eigenvalue weighted by atomic mass is 10.1. The Labute approximate surface area is 212 Å². The molecule has 5 rings (SSSR count). The van der Waals surface area contributed by atoms with Crippen molar-refractivity contribution >= 4 is 39.7 Å². The van der Waals surface area contributed by atoms with E-state index in [0.717, 1.165) is 26.1 Å². The van der Waals surface area contributed by atoms with E-state index in [1.54, 1.807) is 19.2 Å². The lowest BCUT2D eigenvalue weighted by Gasteiger charge is -2.19. The maximum absolute atomic E-state index is 14.5. The Hall–Kier alpha value is -4.43. The number of aromatic nitrogens is 3. The molecule has 3 N–H and O–H groups in total. The number of fused-ring (bicyclic) bond motifs is 3. The number of halogens is 1. The van der Waals surface area contributed by atoms with E-state index in [0.29, 0.717) is 57.0 Å². The van der Waals surface area contributed by atoms with Crippen LogP contribution in [0.25, 0.3) is 21.9 Å². The van der Waals surface area contributed by atoms with Crippen LogP contribution in [0.3, 0.4) is 0 Å². The van der Waals surface area contributed by atoms with Crippen molar-refractivity contribution in [2.24, 2.45) is 5.92 Å². The first kappa shape index (κ1) is 24.3. The van der Waals surface area contributed by atoms with Crippen molar-refractivity contribution in [3.63, 3.8) is 0 Å². The van der Waals surface area contributed by atoms with Gasteiger partial charge in [-0.2, -0.15) is 15.2 Å². The Morgan fingerprint density at radius 1 is 1.24 bits per heavy atom. The zero-order valence-electron chi connectivity index (χ0n) is 20.5. The smallest absolute Gasteiger partial charge is 0.325 e. The predicted octanol–water partition coefficient (Wildman–Crippen LogP) is 3.58. The Morgan fingerprint density at radius 3 is 2.84 bits per heavy atom. The number of anilines is 2. The van der Waals surface area contributed by atoms with Crippen LogP contribution in [-0.4, -0.2) is 61.6 Å². The van der Waals surface area contributed by atoms with Gasteiger partial charge in [-0.05, 0) is 50.2 Å². The molecule has 4 aromatic rings. The number of hydrogen-bond acceptors (Lipinski definition) is 9. The third kappa shape index (κ3) is 4.83. The lowest BCUT2D eigenvalue weighted by Crippen LogP contribution is -2.25. The zero-order chi connectivity index (χ0) is 25.9. The number of hydrogen-bond donors (Lipinski definition) is 3. The molecular formula is C26H26FN7O3. The largest absolute Gasteiger partial charge is 0.486 e. The first-order chi connectivity index (χ1) is 18.0. The number of nitrogens with one attached hydrogen (secondary N) is 3. The topological polar surface area (TPSA) is 128 Å². The summed E-state index contributed by atoms with van der Waals surface area (Å²) in [6.07, 6.45) is 1.61. The Morgan fingerprint density at radius 2 is 2.08 bits per heavy atom. The van der Waals surface area contributed by atoms with Crippen LogP contribution in [0.5, 0.6) is 17.5 Å². The number of nitrogens with zero attached hydrogens (tertiary/aromatic N) is 4. The number of benzene rings is 2. The predicted molar refractivity (Wildman–Crippen MR) is 138 cm³/mol. The molecule has 0 radical (unpaired) electrons. The standard InChI is InChI=1S/C26H26FN7O3/c1-29-13-15-3-4-34(14-15)25-22-20-9-17(27)10-21(30-2)23(20)31-24(22)32-26(33-25)37-19-8-16(12-28)7-18(11-19)36-6-5-35/h5,7-11,15,29-30H,3-4,6,13-14H2,1-2H3,(H,31,32,33). The van der Waals surface area contributed by atoms with E-state index in [4.69, 9.17) is 14.5 Å². The third-order valence-electron chi connectivity index (χ3n) is 6.37. The van der Waals surface area contributed by atoms with Crippen LogP contribution in [0.2, 0.25) is 0 Å². The van der Waals surface area contributed by atoms with Gasteiger partial charge in [0.25, 0.3) is 0 Å². The molecule has 2 aromatic carbocycles. The highest BCUT2D eigenvalue weighted by atomic mass is 19.1. The van der Waals surface area contributed by atoms with Crippen LogP contribution in [-0.2, 0) is 4.79 Å². The van der Waals surface area contributed by atoms with Gasteiger partial charge in [-0.15, -0.1) is 0 Å². The molecule has 0 amide bonds. The van der Waals surface area contributed by atoms with E-state index >= 15 is 0 Å². The normalized spacial score (nSPS) is 15.2. The highest BCUT2D eigenvalue weighted by Crippen LogP contribution is 2.39. The fourth-order valence-electron chi connectivity index (χ4n) is 4.79. The van der Waals surface area contributed by atoms with E-state index in [9.17, 15) is 14.4 Å². The van der Waals surface area contributed by atoms with Crippen molar-refractivity contribution in [2.45, 2.75) is 6.42 Å². The second kappa shape index (κ2) is 10.3. The maximum atomic E-state index is 14.5. The quantitative estimate of drug-likeness (QED) is 0.294. The number of rotatable bonds is 9. The molecule has 0 bridgehead atoms. The summed E-state index contributed by atoms with van der Waals surface area (Å²) in [6, 6.07) is 9.65. The van der Waals surface area contributed by atoms with Crippen molar-refractivity contribution in [2.75, 3.05) is 50.6 Å². The highest BCUT2D eigenvalue weighted by Gasteiger charge is 2.27. The van der Waals surface area contributed by atoms with Crippen LogP contribution >= 0.6 is 0 Å². The van der Waals surface area contributed by atoms with Gasteiger partial charge in [-0.25, -0.2) is 4.39 Å². The fraction of sp³-hybridized carbons (Fsp3) is 0.308. The van der Waals surface area contributed by atoms with Crippen LogP contribution in [0.15, 0.2) is 30.3 Å². The maximum Gasteiger partial charge on any atom is 0.325 e. The van der Waals surface area contributed by atoms with E-state index in [1.807, 2.05) is 7.05 Å². The average molecular weight is 504 g/mol. The Bertz CT molecular complexity index is 1510. The molecule has 1 unspecified atom stereocenters. The highest BCUT2D eigenvalue weighted by molar-refractivity contribution is 6.14. The fourth-order valence-corrected chi connectivity index (χ4v) is 4.79. The summed E-state index contributed by atoms with van der Waals surface area (Å²) in [5.74, 6) is 1.33. The summed E-state index contributed by atoms with van der Waals surface area (Å²) < 4.78 is 25.9. The summed E-state index contributed by atoms with van der Waals surface area (Å²) in [4.78, 5) is 25.5. The number of carbonyl (C=O) groups excluding carboxylic acids is 1. The summed E-state index contributed by atoms with van der Waals surface area (Å²) >= 11 is 0. The molecule has 1 saturated heterocycles. The molecule has 10 nitrogen and oxygen atoms in total. The summed E-state index contributed by atoms with van der Waals surface area (Å²) in [6.45, 7) is 2.29. The molecule has 0 saturated carbocycles. The van der Waals surface area contributed by atoms with Crippen molar-refractivity contribution in [1.29, 1.82) is 5.26 Å². The minimum Gasteiger partial charge on any atom is -0.486 e. The molecule has 3 heterocycles. The molecule has 190 valence electrons. The van der Waals surface area contributed by atoms with Crippen LogP contribution in [0, 0.1) is 23.1 Å². The number of carbonyl (C=O) groups is 1. The van der Waals surface area contributed by atoms with Crippen LogP contribution in [0.1, 0.15) is 12.0 Å². The molecule has 1 aliphatic rings. The van der Waals surface area contributed by atoms with Gasteiger partial charge in [0.15, 0.2) is 6.29 Å². The zero-order valence-corrected chi connectivity index (χ0v) is 20.5. The van der Waals surface area contributed by atoms with Gasteiger partial charge in [0.05, 0.1) is 28.2 Å². The Balaban J connectivity index is 1.63. The van der Waals surface area contributed by atoms with Gasteiger partial charge in [0.2, 0.25) is 0 Å². The van der Waals surface area contributed by atoms with Crippen LogP contribution in [0.4, 0.5) is 15.9 Å². The molecule has 0 aliphatic carbocycles. The minimum absolute atomic E-state index is 0.0639. The minimum atomic E-state index is -0.366. The average Bonchev–Trinajstić information content (AvgIpc) is 3.51. The van der Waals surface area contributed by atoms with E-state index in [-0.39, 0.29) is 24.2 Å². The number of H-pyrrole nitrogens is 1. The number of ether oxygens (including phenoxy) is 2. The van der Waals surface area contributed by atoms with Gasteiger partial charge in [-0.1, -0.05) is 0 Å². The van der Waals surface area contributed by atoms with E-state index in [1.165, 1.54) is 18.2 Å². The molecule has 2 aromatic heterocycles. The summed E-state index contributed by atoms with van der Waals surface area (Å²) in [5, 5.41) is 17.1. The molecular weight excluding hydrogens is 477 g/mol. The first-order valence-electron chi connectivity index (χ1n) is 11.9. The van der Waals surface area contributed by atoms with Crippen molar-refractivity contribution in [1.82, 2.24) is 20.3 Å². The summed E-state index contributed by atoms with van der Waals surface area (Å²) in [5.41, 5.74) is 2.13. The Kier molecular flexibility index (Phi) is 6.74. The van der Waals surface area contributed by atoms with Crippen molar-refractivity contribution in [3.8, 4) is 23.6 Å². The first-order valence-corrected chi connectivity index (χ1v) is 11.9. The van der Waals surface area contributed by atoms with Crippen molar-refractivity contribution in [3.05, 3.63) is 41.7 Å². The molecule has 1 fully saturated rings. The molecule has 1 atom stereocenters. The van der Waals surface area contributed by atoms with Crippen molar-refractivity contribution < 1.29 is 18.7 Å². The van der Waals surface area contributed by atoms with Gasteiger partial charge in [0.1, 0.15) is 35.4 Å². The van der Waals surface area contributed by atoms with Gasteiger partial charge >= 0.3 is 6.01 Å². The second-order valence-corrected chi connectivity index (χ2v) is 8.85. The van der Waals surface area contributed by atoms with Gasteiger partial charge in [0, 0.05) is 31.6 Å². The third-order valence-corrected chi connectivity index (χ3v) is 6.37. The molecule has 11 heteroatoms. The second-order valence-electron chi connectivity index (χ2n) is 8.85. The van der Waals surface area contributed by atoms with E-state index in [2.05, 4.69) is 31.6 Å². The number of nitriles is 1. The lowest BCUT2D eigenvalue weighted by molar-refractivity contribution is -0.109. The number of aromatic amines is 1. The molecule has 1 aliphatic heterocycles. The van der Waals surface area contributed by atoms with Crippen LogP contribution < -0.4 is 25.0 Å².